The van der Waals surface area contributed by atoms with Gasteiger partial charge in [0.05, 0.1) is 6.61 Å². The first-order chi connectivity index (χ1) is 9.58. The number of aryl methyl sites for hydroxylation is 1. The Kier molecular flexibility index (Phi) is 4.44. The van der Waals surface area contributed by atoms with Crippen LogP contribution in [0.1, 0.15) is 30.2 Å². The van der Waals surface area contributed by atoms with Gasteiger partial charge >= 0.3 is 5.97 Å². The molecule has 20 heavy (non-hydrogen) atoms. The Balaban J connectivity index is 2.55. The summed E-state index contributed by atoms with van der Waals surface area (Å²) in [6.45, 7) is 4.01. The Morgan fingerprint density at radius 3 is 2.80 bits per heavy atom. The smallest absolute Gasteiger partial charge is 0.360 e. The molecular weight excluding hydrogens is 322 g/mol. The SMILES string of the molecule is CCOC(=O)c1nc(CC)n(-c2cccc(Br)c2)c1N. The van der Waals surface area contributed by atoms with Crippen molar-refractivity contribution >= 4 is 27.7 Å². The van der Waals surface area contributed by atoms with E-state index in [1.165, 1.54) is 0 Å². The minimum Gasteiger partial charge on any atom is -0.461 e. The fourth-order valence-corrected chi connectivity index (χ4v) is 2.36. The third-order valence-electron chi connectivity index (χ3n) is 2.83. The summed E-state index contributed by atoms with van der Waals surface area (Å²) in [6, 6.07) is 7.67. The highest BCUT2D eigenvalue weighted by molar-refractivity contribution is 9.10. The third-order valence-corrected chi connectivity index (χ3v) is 3.33. The standard InChI is InChI=1S/C14H16BrN3O2/c1-3-11-17-12(14(19)20-4-2)13(16)18(11)10-7-5-6-9(15)8-10/h5-8H,3-4,16H2,1-2H3. The van der Waals surface area contributed by atoms with Crippen molar-refractivity contribution < 1.29 is 9.53 Å². The van der Waals surface area contributed by atoms with E-state index in [-0.39, 0.29) is 5.69 Å². The van der Waals surface area contributed by atoms with Crippen LogP contribution in [0.2, 0.25) is 0 Å². The van der Waals surface area contributed by atoms with Gasteiger partial charge in [-0.05, 0) is 25.1 Å². The zero-order chi connectivity index (χ0) is 14.7. The largest absolute Gasteiger partial charge is 0.461 e. The number of benzene rings is 1. The number of esters is 1. The van der Waals surface area contributed by atoms with Crippen molar-refractivity contribution in [3.8, 4) is 5.69 Å². The van der Waals surface area contributed by atoms with Gasteiger partial charge in [0.1, 0.15) is 11.6 Å². The molecular formula is C14H16BrN3O2. The maximum atomic E-state index is 11.9. The van der Waals surface area contributed by atoms with Crippen LogP contribution in [0.3, 0.4) is 0 Å². The molecule has 0 aliphatic carbocycles. The van der Waals surface area contributed by atoms with Crippen LogP contribution in [0.4, 0.5) is 5.82 Å². The number of aromatic nitrogens is 2. The average Bonchev–Trinajstić information content (AvgIpc) is 2.76. The molecule has 0 saturated carbocycles. The second kappa shape index (κ2) is 6.09. The van der Waals surface area contributed by atoms with Crippen molar-refractivity contribution in [2.45, 2.75) is 20.3 Å². The summed E-state index contributed by atoms with van der Waals surface area (Å²) in [4.78, 5) is 16.2. The van der Waals surface area contributed by atoms with Crippen LogP contribution in [0.15, 0.2) is 28.7 Å². The number of halogens is 1. The van der Waals surface area contributed by atoms with Crippen LogP contribution in [-0.4, -0.2) is 22.1 Å². The number of anilines is 1. The van der Waals surface area contributed by atoms with Gasteiger partial charge in [0.2, 0.25) is 0 Å². The number of nitrogens with zero attached hydrogens (tertiary/aromatic N) is 2. The first kappa shape index (κ1) is 14.6. The maximum Gasteiger partial charge on any atom is 0.360 e. The van der Waals surface area contributed by atoms with Crippen LogP contribution >= 0.6 is 15.9 Å². The molecule has 1 heterocycles. The summed E-state index contributed by atoms with van der Waals surface area (Å²) < 4.78 is 7.69. The first-order valence-electron chi connectivity index (χ1n) is 6.38. The Hall–Kier alpha value is -1.82. The lowest BCUT2D eigenvalue weighted by Gasteiger charge is -2.09. The second-order valence-corrected chi connectivity index (χ2v) is 5.07. The predicted molar refractivity (Wildman–Crippen MR) is 81.0 cm³/mol. The molecule has 106 valence electrons. The summed E-state index contributed by atoms with van der Waals surface area (Å²) in [7, 11) is 0. The molecule has 2 rings (SSSR count). The Labute approximate surface area is 125 Å². The van der Waals surface area contributed by atoms with E-state index in [9.17, 15) is 4.79 Å². The van der Waals surface area contributed by atoms with E-state index in [0.29, 0.717) is 18.8 Å². The summed E-state index contributed by atoms with van der Waals surface area (Å²) in [5, 5.41) is 0. The van der Waals surface area contributed by atoms with Gasteiger partial charge < -0.3 is 10.5 Å². The van der Waals surface area contributed by atoms with E-state index in [1.54, 1.807) is 11.5 Å². The van der Waals surface area contributed by atoms with E-state index in [0.717, 1.165) is 16.0 Å². The minimum absolute atomic E-state index is 0.170. The molecule has 2 aromatic rings. The maximum absolute atomic E-state index is 11.9. The lowest BCUT2D eigenvalue weighted by atomic mass is 10.3. The number of nitrogen functional groups attached to an aromatic ring is 1. The van der Waals surface area contributed by atoms with Gasteiger partial charge in [0.15, 0.2) is 5.69 Å². The van der Waals surface area contributed by atoms with Gasteiger partial charge in [-0.25, -0.2) is 9.78 Å². The monoisotopic (exact) mass is 337 g/mol. The quantitative estimate of drug-likeness (QED) is 0.870. The molecule has 0 aliphatic rings. The summed E-state index contributed by atoms with van der Waals surface area (Å²) in [5.41, 5.74) is 7.11. The van der Waals surface area contributed by atoms with Gasteiger partial charge in [-0.2, -0.15) is 0 Å². The number of carbonyl (C=O) groups excluding carboxylic acids is 1. The number of ether oxygens (including phenoxy) is 1. The Morgan fingerprint density at radius 2 is 2.20 bits per heavy atom. The summed E-state index contributed by atoms with van der Waals surface area (Å²) >= 11 is 3.42. The number of hydrogen-bond donors (Lipinski definition) is 1. The molecule has 0 radical (unpaired) electrons. The normalized spacial score (nSPS) is 10.6. The van der Waals surface area contributed by atoms with Gasteiger partial charge in [-0.1, -0.05) is 28.9 Å². The van der Waals surface area contributed by atoms with Crippen molar-refractivity contribution in [1.82, 2.24) is 9.55 Å². The van der Waals surface area contributed by atoms with E-state index < -0.39 is 5.97 Å². The van der Waals surface area contributed by atoms with Gasteiger partial charge in [-0.3, -0.25) is 4.57 Å². The zero-order valence-electron chi connectivity index (χ0n) is 11.4. The topological polar surface area (TPSA) is 70.1 Å². The summed E-state index contributed by atoms with van der Waals surface area (Å²) in [6.07, 6.45) is 0.663. The molecule has 0 atom stereocenters. The molecule has 6 heteroatoms. The molecule has 0 saturated heterocycles. The van der Waals surface area contributed by atoms with Crippen molar-refractivity contribution in [3.05, 3.63) is 40.3 Å². The molecule has 0 fully saturated rings. The number of hydrogen-bond acceptors (Lipinski definition) is 4. The number of imidazole rings is 1. The lowest BCUT2D eigenvalue weighted by molar-refractivity contribution is 0.0521. The van der Waals surface area contributed by atoms with Gasteiger partial charge in [0, 0.05) is 16.6 Å². The van der Waals surface area contributed by atoms with Crippen LogP contribution in [0.5, 0.6) is 0 Å². The zero-order valence-corrected chi connectivity index (χ0v) is 13.0. The van der Waals surface area contributed by atoms with Gasteiger partial charge in [0.25, 0.3) is 0 Å². The first-order valence-corrected chi connectivity index (χ1v) is 7.17. The molecule has 5 nitrogen and oxygen atoms in total. The predicted octanol–water partition coefficient (Wildman–Crippen LogP) is 2.96. The highest BCUT2D eigenvalue weighted by Gasteiger charge is 2.21. The fraction of sp³-hybridized carbons (Fsp3) is 0.286. The molecule has 0 unspecified atom stereocenters. The van der Waals surface area contributed by atoms with E-state index >= 15 is 0 Å². The van der Waals surface area contributed by atoms with E-state index in [4.69, 9.17) is 10.5 Å². The Bertz CT molecular complexity index is 637. The highest BCUT2D eigenvalue weighted by atomic mass is 79.9. The second-order valence-electron chi connectivity index (χ2n) is 4.15. The van der Waals surface area contributed by atoms with Crippen LogP contribution in [0, 0.1) is 0 Å². The molecule has 0 bridgehead atoms. The minimum atomic E-state index is -0.492. The molecule has 0 aliphatic heterocycles. The molecule has 1 aromatic heterocycles. The summed E-state index contributed by atoms with van der Waals surface area (Å²) in [5.74, 6) is 0.537. The lowest BCUT2D eigenvalue weighted by Crippen LogP contribution is -2.09. The average molecular weight is 338 g/mol. The van der Waals surface area contributed by atoms with Gasteiger partial charge in [-0.15, -0.1) is 0 Å². The highest BCUT2D eigenvalue weighted by Crippen LogP contribution is 2.24. The number of nitrogens with two attached hydrogens (primary N) is 1. The van der Waals surface area contributed by atoms with Crippen molar-refractivity contribution in [1.29, 1.82) is 0 Å². The third kappa shape index (κ3) is 2.70. The van der Waals surface area contributed by atoms with E-state index in [1.807, 2.05) is 31.2 Å². The molecule has 0 amide bonds. The fourth-order valence-electron chi connectivity index (χ4n) is 1.97. The van der Waals surface area contributed by atoms with Crippen LogP contribution in [0.25, 0.3) is 5.69 Å². The molecule has 0 spiro atoms. The van der Waals surface area contributed by atoms with Crippen LogP contribution in [-0.2, 0) is 11.2 Å². The van der Waals surface area contributed by atoms with Crippen molar-refractivity contribution in [2.75, 3.05) is 12.3 Å². The molecule has 2 N–H and O–H groups in total. The number of rotatable bonds is 4. The van der Waals surface area contributed by atoms with E-state index in [2.05, 4.69) is 20.9 Å². The Morgan fingerprint density at radius 1 is 1.45 bits per heavy atom. The van der Waals surface area contributed by atoms with Crippen molar-refractivity contribution in [2.24, 2.45) is 0 Å². The molecule has 1 aromatic carbocycles. The van der Waals surface area contributed by atoms with Crippen molar-refractivity contribution in [3.63, 3.8) is 0 Å². The van der Waals surface area contributed by atoms with Crippen LogP contribution < -0.4 is 5.73 Å². The number of carbonyl (C=O) groups is 1.